The first kappa shape index (κ1) is 14.1. The number of aromatic nitrogens is 1. The number of hydrogen-bond donors (Lipinski definition) is 2. The number of piperidine rings is 1. The van der Waals surface area contributed by atoms with Crippen molar-refractivity contribution in [1.29, 1.82) is 0 Å². The number of alkyl halides is 3. The van der Waals surface area contributed by atoms with Gasteiger partial charge >= 0.3 is 6.18 Å². The molecule has 0 aliphatic carbocycles. The molecule has 0 spiro atoms. The molecule has 0 aromatic carbocycles. The van der Waals surface area contributed by atoms with Gasteiger partial charge in [0, 0.05) is 12.6 Å². The Kier molecular flexibility index (Phi) is 4.26. The molecular formula is C12H16F3N3O. The molecule has 1 fully saturated rings. The zero-order valence-electron chi connectivity index (χ0n) is 10.3. The third-order valence-corrected chi connectivity index (χ3v) is 2.96. The number of hydrogen-bond acceptors (Lipinski definition) is 4. The normalized spacial score (nSPS) is 17.5. The molecule has 2 rings (SSSR count). The molecule has 1 aliphatic heterocycles. The van der Waals surface area contributed by atoms with Crippen molar-refractivity contribution < 1.29 is 17.9 Å². The second-order valence-corrected chi connectivity index (χ2v) is 4.47. The van der Waals surface area contributed by atoms with Crippen LogP contribution in [0.4, 0.5) is 13.2 Å². The van der Waals surface area contributed by atoms with E-state index in [1.807, 2.05) is 0 Å². The lowest BCUT2D eigenvalue weighted by atomic mass is 10.1. The maximum atomic E-state index is 12.7. The van der Waals surface area contributed by atoms with E-state index < -0.39 is 11.9 Å². The zero-order chi connectivity index (χ0) is 13.9. The minimum Gasteiger partial charge on any atom is -0.474 e. The van der Waals surface area contributed by atoms with Crippen molar-refractivity contribution in [2.75, 3.05) is 13.1 Å². The highest BCUT2D eigenvalue weighted by atomic mass is 19.4. The van der Waals surface area contributed by atoms with Gasteiger partial charge in [-0.25, -0.2) is 4.98 Å². The molecule has 0 radical (unpaired) electrons. The predicted molar refractivity (Wildman–Crippen MR) is 63.7 cm³/mol. The van der Waals surface area contributed by atoms with Crippen molar-refractivity contribution in [2.24, 2.45) is 5.73 Å². The van der Waals surface area contributed by atoms with Gasteiger partial charge in [0.2, 0.25) is 5.88 Å². The number of rotatable bonds is 3. The third-order valence-electron chi connectivity index (χ3n) is 2.96. The van der Waals surface area contributed by atoms with Gasteiger partial charge in [-0.1, -0.05) is 0 Å². The van der Waals surface area contributed by atoms with Crippen LogP contribution < -0.4 is 15.8 Å². The van der Waals surface area contributed by atoms with Crippen LogP contribution in [0.25, 0.3) is 0 Å². The van der Waals surface area contributed by atoms with Crippen molar-refractivity contribution in [3.05, 3.63) is 23.4 Å². The molecule has 0 bridgehead atoms. The minimum absolute atomic E-state index is 0.00201. The summed E-state index contributed by atoms with van der Waals surface area (Å²) in [5.41, 5.74) is 4.81. The first-order valence-corrected chi connectivity index (χ1v) is 6.14. The molecule has 0 amide bonds. The van der Waals surface area contributed by atoms with Crippen molar-refractivity contribution in [3.63, 3.8) is 0 Å². The van der Waals surface area contributed by atoms with Crippen LogP contribution in [-0.4, -0.2) is 24.2 Å². The lowest BCUT2D eigenvalue weighted by Gasteiger charge is -2.23. The molecule has 4 nitrogen and oxygen atoms in total. The maximum Gasteiger partial charge on any atom is 0.433 e. The zero-order valence-corrected chi connectivity index (χ0v) is 10.3. The quantitative estimate of drug-likeness (QED) is 0.881. The Balaban J connectivity index is 2.19. The topological polar surface area (TPSA) is 60.2 Å². The highest BCUT2D eigenvalue weighted by Crippen LogP contribution is 2.30. The van der Waals surface area contributed by atoms with Crippen LogP contribution in [-0.2, 0) is 12.7 Å². The van der Waals surface area contributed by atoms with Crippen molar-refractivity contribution in [3.8, 4) is 5.88 Å². The predicted octanol–water partition coefficient (Wildman–Crippen LogP) is 1.69. The summed E-state index contributed by atoms with van der Waals surface area (Å²) >= 11 is 0. The Hall–Kier alpha value is -1.34. The Morgan fingerprint density at radius 3 is 2.58 bits per heavy atom. The molecule has 7 heteroatoms. The standard InChI is InChI=1S/C12H16F3N3O/c13-12(14,15)10-5-8(7-16)6-11(18-10)19-9-1-3-17-4-2-9/h5-6,9,17H,1-4,7,16H2. The number of nitrogens with two attached hydrogens (primary N) is 1. The first-order chi connectivity index (χ1) is 8.99. The smallest absolute Gasteiger partial charge is 0.433 e. The van der Waals surface area contributed by atoms with Crippen LogP contribution in [0, 0.1) is 0 Å². The largest absolute Gasteiger partial charge is 0.474 e. The van der Waals surface area contributed by atoms with Crippen molar-refractivity contribution in [2.45, 2.75) is 31.7 Å². The Morgan fingerprint density at radius 2 is 2.00 bits per heavy atom. The van der Waals surface area contributed by atoms with Gasteiger partial charge in [-0.2, -0.15) is 13.2 Å². The summed E-state index contributed by atoms with van der Waals surface area (Å²) in [5.74, 6) is 0.00201. The Bertz CT molecular complexity index is 431. The molecule has 1 aromatic heterocycles. The molecule has 106 valence electrons. The summed E-state index contributed by atoms with van der Waals surface area (Å²) in [6, 6.07) is 2.42. The SMILES string of the molecule is NCc1cc(OC2CCNCC2)nc(C(F)(F)F)c1. The van der Waals surface area contributed by atoms with Crippen molar-refractivity contribution >= 4 is 0 Å². The second-order valence-electron chi connectivity index (χ2n) is 4.47. The number of ether oxygens (including phenoxy) is 1. The van der Waals surface area contributed by atoms with E-state index in [2.05, 4.69) is 10.3 Å². The fourth-order valence-electron chi connectivity index (χ4n) is 1.97. The number of nitrogens with one attached hydrogen (secondary N) is 1. The van der Waals surface area contributed by atoms with Gasteiger partial charge in [0.1, 0.15) is 11.8 Å². The lowest BCUT2D eigenvalue weighted by molar-refractivity contribution is -0.141. The van der Waals surface area contributed by atoms with Gasteiger partial charge in [-0.05, 0) is 37.6 Å². The highest BCUT2D eigenvalue weighted by Gasteiger charge is 2.33. The second kappa shape index (κ2) is 5.75. The monoisotopic (exact) mass is 275 g/mol. The summed E-state index contributed by atoms with van der Waals surface area (Å²) in [5, 5.41) is 3.16. The first-order valence-electron chi connectivity index (χ1n) is 6.14. The summed E-state index contributed by atoms with van der Waals surface area (Å²) in [4.78, 5) is 3.52. The number of pyridine rings is 1. The Morgan fingerprint density at radius 1 is 1.32 bits per heavy atom. The fourth-order valence-corrected chi connectivity index (χ4v) is 1.97. The lowest BCUT2D eigenvalue weighted by Crippen LogP contribution is -2.34. The van der Waals surface area contributed by atoms with Crippen molar-refractivity contribution in [1.82, 2.24) is 10.3 Å². The third kappa shape index (κ3) is 3.81. The van der Waals surface area contributed by atoms with E-state index in [4.69, 9.17) is 10.5 Å². The molecule has 2 heterocycles. The average Bonchev–Trinajstić information content (AvgIpc) is 2.38. The molecule has 1 saturated heterocycles. The number of nitrogens with zero attached hydrogens (tertiary/aromatic N) is 1. The van der Waals surface area contributed by atoms with Crippen LogP contribution in [0.15, 0.2) is 12.1 Å². The summed E-state index contributed by atoms with van der Waals surface area (Å²) < 4.78 is 43.6. The van der Waals surface area contributed by atoms with E-state index in [0.29, 0.717) is 5.56 Å². The summed E-state index contributed by atoms with van der Waals surface area (Å²) in [7, 11) is 0. The van der Waals surface area contributed by atoms with Crippen LogP contribution >= 0.6 is 0 Å². The van der Waals surface area contributed by atoms with Gasteiger partial charge in [0.25, 0.3) is 0 Å². The molecule has 3 N–H and O–H groups in total. The molecule has 1 aromatic rings. The van der Waals surface area contributed by atoms with Gasteiger partial charge in [0.15, 0.2) is 0 Å². The van der Waals surface area contributed by atoms with Crippen LogP contribution in [0.3, 0.4) is 0 Å². The van der Waals surface area contributed by atoms with Gasteiger partial charge in [-0.3, -0.25) is 0 Å². The Labute approximate surface area is 109 Å². The van der Waals surface area contributed by atoms with Crippen LogP contribution in [0.2, 0.25) is 0 Å². The van der Waals surface area contributed by atoms with E-state index in [1.165, 1.54) is 6.07 Å². The van der Waals surface area contributed by atoms with Gasteiger partial charge in [-0.15, -0.1) is 0 Å². The number of halogens is 3. The maximum absolute atomic E-state index is 12.7. The molecule has 0 unspecified atom stereocenters. The van der Waals surface area contributed by atoms with Gasteiger partial charge in [0.05, 0.1) is 0 Å². The van der Waals surface area contributed by atoms with E-state index in [9.17, 15) is 13.2 Å². The van der Waals surface area contributed by atoms with E-state index in [0.717, 1.165) is 32.0 Å². The summed E-state index contributed by atoms with van der Waals surface area (Å²) in [6.07, 6.45) is -3.06. The van der Waals surface area contributed by atoms with E-state index >= 15 is 0 Å². The summed E-state index contributed by atoms with van der Waals surface area (Å²) in [6.45, 7) is 1.62. The van der Waals surface area contributed by atoms with Crippen LogP contribution in [0.5, 0.6) is 5.88 Å². The fraction of sp³-hybridized carbons (Fsp3) is 0.583. The average molecular weight is 275 g/mol. The van der Waals surface area contributed by atoms with Gasteiger partial charge < -0.3 is 15.8 Å². The highest BCUT2D eigenvalue weighted by molar-refractivity contribution is 5.26. The molecule has 1 aliphatic rings. The van der Waals surface area contributed by atoms with Crippen LogP contribution in [0.1, 0.15) is 24.1 Å². The molecule has 0 saturated carbocycles. The molecular weight excluding hydrogens is 259 g/mol. The van der Waals surface area contributed by atoms with E-state index in [-0.39, 0.29) is 18.5 Å². The van der Waals surface area contributed by atoms with E-state index in [1.54, 1.807) is 0 Å². The molecule has 0 atom stereocenters. The molecule has 19 heavy (non-hydrogen) atoms. The minimum atomic E-state index is -4.49.